The summed E-state index contributed by atoms with van der Waals surface area (Å²) in [6, 6.07) is 11.3. The van der Waals surface area contributed by atoms with Crippen LogP contribution in [-0.2, 0) is 30.3 Å². The molecular formula is C46H54N6O8. The van der Waals surface area contributed by atoms with Gasteiger partial charge in [0.1, 0.15) is 29.0 Å². The van der Waals surface area contributed by atoms with Crippen molar-refractivity contribution >= 4 is 46.1 Å². The number of aromatic nitrogens is 2. The number of furan rings is 1. The fourth-order valence-electron chi connectivity index (χ4n) is 9.21. The van der Waals surface area contributed by atoms with Crippen LogP contribution in [0.2, 0.25) is 0 Å². The molecule has 4 aromatic rings. The van der Waals surface area contributed by atoms with Crippen molar-refractivity contribution in [3.05, 3.63) is 65.7 Å². The number of fused-ring (bicyclic) bond motifs is 5. The van der Waals surface area contributed by atoms with Crippen LogP contribution in [-0.4, -0.2) is 95.4 Å². The van der Waals surface area contributed by atoms with Crippen LogP contribution in [0, 0.1) is 17.8 Å². The van der Waals surface area contributed by atoms with Crippen molar-refractivity contribution in [1.82, 2.24) is 25.1 Å². The Labute approximate surface area is 349 Å². The minimum Gasteiger partial charge on any atom is -0.492 e. The summed E-state index contributed by atoms with van der Waals surface area (Å²) in [7, 11) is 2.65. The molecule has 14 nitrogen and oxygen atoms in total. The predicted octanol–water partition coefficient (Wildman–Crippen LogP) is 7.48. The molecule has 0 saturated carbocycles. The van der Waals surface area contributed by atoms with Gasteiger partial charge < -0.3 is 38.7 Å². The lowest BCUT2D eigenvalue weighted by molar-refractivity contribution is -0.148. The molecule has 2 aromatic carbocycles. The maximum atomic E-state index is 13.7. The second kappa shape index (κ2) is 17.0. The van der Waals surface area contributed by atoms with Gasteiger partial charge in [-0.05, 0) is 79.0 Å². The first-order chi connectivity index (χ1) is 28.9. The first kappa shape index (κ1) is 40.8. The minimum atomic E-state index is -0.704. The summed E-state index contributed by atoms with van der Waals surface area (Å²) in [6.45, 7) is 9.46. The average Bonchev–Trinajstić information content (AvgIpc) is 4.10. The number of nitrogens with one attached hydrogen (secondary N) is 2. The zero-order chi connectivity index (χ0) is 42.2. The molecule has 14 heteroatoms. The van der Waals surface area contributed by atoms with E-state index in [4.69, 9.17) is 28.6 Å². The Hall–Kier alpha value is -5.92. The van der Waals surface area contributed by atoms with E-state index >= 15 is 0 Å². The number of likely N-dealkylation sites (tertiary alicyclic amines) is 2. The molecular weight excluding hydrogens is 765 g/mol. The Kier molecular flexibility index (Phi) is 11.6. The average molecular weight is 819 g/mol. The number of esters is 1. The minimum absolute atomic E-state index is 0.00658. The van der Waals surface area contributed by atoms with Gasteiger partial charge in [0, 0.05) is 54.4 Å². The van der Waals surface area contributed by atoms with Gasteiger partial charge in [0.2, 0.25) is 11.8 Å². The fraction of sp³-hybridized carbons (Fsp3) is 0.478. The van der Waals surface area contributed by atoms with Crippen molar-refractivity contribution in [3.8, 4) is 28.3 Å². The Balaban J connectivity index is 0.982. The fourth-order valence-corrected chi connectivity index (χ4v) is 9.21. The first-order valence-corrected chi connectivity index (χ1v) is 21.1. The summed E-state index contributed by atoms with van der Waals surface area (Å²) in [5, 5.41) is 3.71. The summed E-state index contributed by atoms with van der Waals surface area (Å²) in [6.07, 6.45) is 7.79. The van der Waals surface area contributed by atoms with Crippen molar-refractivity contribution in [1.29, 1.82) is 0 Å². The highest BCUT2D eigenvalue weighted by atomic mass is 16.5. The van der Waals surface area contributed by atoms with E-state index in [1.54, 1.807) is 0 Å². The van der Waals surface area contributed by atoms with E-state index < -0.39 is 18.1 Å². The van der Waals surface area contributed by atoms with E-state index in [1.165, 1.54) is 14.2 Å². The van der Waals surface area contributed by atoms with Crippen molar-refractivity contribution in [2.45, 2.75) is 90.8 Å². The van der Waals surface area contributed by atoms with Crippen LogP contribution in [0.5, 0.6) is 5.75 Å². The van der Waals surface area contributed by atoms with Crippen LogP contribution in [0.25, 0.3) is 39.1 Å². The number of rotatable bonds is 11. The molecule has 2 saturated heterocycles. The van der Waals surface area contributed by atoms with Gasteiger partial charge in [-0.2, -0.15) is 0 Å². The van der Waals surface area contributed by atoms with E-state index in [1.807, 2.05) is 62.0 Å². The number of amides is 3. The van der Waals surface area contributed by atoms with Crippen molar-refractivity contribution in [2.24, 2.45) is 22.7 Å². The number of methoxy groups -OCH3 is 2. The van der Waals surface area contributed by atoms with Crippen LogP contribution in [0.15, 0.2) is 58.2 Å². The molecule has 2 N–H and O–H groups in total. The lowest BCUT2D eigenvalue weighted by Crippen LogP contribution is -2.51. The van der Waals surface area contributed by atoms with Gasteiger partial charge in [-0.1, -0.05) is 33.8 Å². The summed E-state index contributed by atoms with van der Waals surface area (Å²) in [5.74, 6) is 1.17. The molecule has 4 aliphatic rings. The number of carbonyl (C=O) groups excluding carboxylic acids is 4. The van der Waals surface area contributed by atoms with Gasteiger partial charge in [0.05, 0.1) is 62.7 Å². The third-order valence-electron chi connectivity index (χ3n) is 12.6. The molecule has 0 unspecified atom stereocenters. The Bertz CT molecular complexity index is 2370. The smallest absolute Gasteiger partial charge is 0.407 e. The molecule has 8 rings (SSSR count). The maximum absolute atomic E-state index is 13.7. The molecule has 0 bridgehead atoms. The van der Waals surface area contributed by atoms with E-state index in [2.05, 4.69) is 34.6 Å². The van der Waals surface area contributed by atoms with Gasteiger partial charge in [-0.15, -0.1) is 0 Å². The summed E-state index contributed by atoms with van der Waals surface area (Å²) in [5.41, 5.74) is 7.56. The highest BCUT2D eigenvalue weighted by Gasteiger charge is 2.40. The first-order valence-electron chi connectivity index (χ1n) is 21.1. The standard InChI is InChI=1S/C46H54N6O8/c1-25(2)32(22-40(53)57-5)44(54)51-16-7-9-36(51)34-20-29(23-47-34)27-11-13-31-39(21-27)59-18-15-30-33-19-28(12-14-38(33)60-42(30)31)35-24-48-43(49-35)37-10-8-17-52(37)45(55)41(26(3)4)50-46(56)58-6/h11-14,19,21,23-26,32,36-37,41H,7-10,15-18,20,22H2,1-6H3,(H,48,49)(H,50,56)/t32-,36-,37-,41-/m0/s1. The normalized spacial score (nSPS) is 19.7. The Morgan fingerprint density at radius 3 is 2.40 bits per heavy atom. The van der Waals surface area contributed by atoms with Gasteiger partial charge >= 0.3 is 12.1 Å². The molecule has 3 amide bonds. The maximum Gasteiger partial charge on any atom is 0.407 e. The molecule has 0 aliphatic carbocycles. The molecule has 2 aromatic heterocycles. The summed E-state index contributed by atoms with van der Waals surface area (Å²) >= 11 is 0. The van der Waals surface area contributed by atoms with Gasteiger partial charge in [0.25, 0.3) is 0 Å². The summed E-state index contributed by atoms with van der Waals surface area (Å²) in [4.78, 5) is 68.4. The van der Waals surface area contributed by atoms with Gasteiger partial charge in [-0.25, -0.2) is 9.78 Å². The number of allylic oxidation sites excluding steroid dienone is 1. The van der Waals surface area contributed by atoms with Crippen LogP contribution in [0.3, 0.4) is 0 Å². The lowest BCUT2D eigenvalue weighted by atomic mass is 9.90. The number of hydrogen-bond acceptors (Lipinski definition) is 10. The topological polar surface area (TPSA) is 169 Å². The molecule has 316 valence electrons. The molecule has 0 radical (unpaired) electrons. The Morgan fingerprint density at radius 1 is 0.917 bits per heavy atom. The number of ether oxygens (including phenoxy) is 3. The number of H-pyrrole nitrogens is 1. The number of nitrogens with zero attached hydrogens (tertiary/aromatic N) is 4. The van der Waals surface area contributed by atoms with E-state index in [0.29, 0.717) is 38.4 Å². The predicted molar refractivity (Wildman–Crippen MR) is 226 cm³/mol. The number of aromatic amines is 1. The molecule has 6 heterocycles. The third kappa shape index (κ3) is 7.79. The van der Waals surface area contributed by atoms with Crippen LogP contribution < -0.4 is 10.1 Å². The molecule has 4 aliphatic heterocycles. The van der Waals surface area contributed by atoms with Crippen LogP contribution >= 0.6 is 0 Å². The zero-order valence-corrected chi connectivity index (χ0v) is 35.2. The lowest BCUT2D eigenvalue weighted by Gasteiger charge is -2.30. The number of hydrogen-bond donors (Lipinski definition) is 2. The quantitative estimate of drug-likeness (QED) is 0.146. The third-order valence-corrected chi connectivity index (χ3v) is 12.6. The zero-order valence-electron chi connectivity index (χ0n) is 35.2. The van der Waals surface area contributed by atoms with E-state index in [-0.39, 0.29) is 48.1 Å². The number of alkyl carbamates (subject to hydrolysis) is 1. The number of benzene rings is 2. The largest absolute Gasteiger partial charge is 0.492 e. The molecule has 2 fully saturated rings. The monoisotopic (exact) mass is 818 g/mol. The second-order valence-corrected chi connectivity index (χ2v) is 16.9. The van der Waals surface area contributed by atoms with Crippen LogP contribution in [0.1, 0.15) is 89.2 Å². The molecule has 4 atom stereocenters. The van der Waals surface area contributed by atoms with E-state index in [9.17, 15) is 19.2 Å². The molecule has 0 spiro atoms. The number of carbonyl (C=O) groups is 4. The highest BCUT2D eigenvalue weighted by molar-refractivity contribution is 6.04. The van der Waals surface area contributed by atoms with Gasteiger partial charge in [0.15, 0.2) is 0 Å². The second-order valence-electron chi connectivity index (χ2n) is 16.9. The van der Waals surface area contributed by atoms with Gasteiger partial charge in [-0.3, -0.25) is 19.4 Å². The van der Waals surface area contributed by atoms with Crippen molar-refractivity contribution in [3.63, 3.8) is 0 Å². The Morgan fingerprint density at radius 2 is 1.67 bits per heavy atom. The van der Waals surface area contributed by atoms with E-state index in [0.717, 1.165) is 87.4 Å². The highest BCUT2D eigenvalue weighted by Crippen LogP contribution is 2.44. The SMILES string of the molecule is COC(=O)C[C@H](C(=O)N1CCC[C@H]1C1=NC=C(c2ccc3c(c2)OCCc2c-3oc3ccc(-c4cnc([C@@H]5CCCN5C(=O)[C@@H](NC(=O)OC)C(C)C)[nH]4)cc23)C1)C(C)C. The molecule has 60 heavy (non-hydrogen) atoms. The summed E-state index contributed by atoms with van der Waals surface area (Å²) < 4.78 is 22.6. The van der Waals surface area contributed by atoms with Crippen LogP contribution in [0.4, 0.5) is 4.79 Å². The number of aliphatic imine (C=N–C) groups is 1. The van der Waals surface area contributed by atoms with Crippen molar-refractivity contribution in [2.75, 3.05) is 33.9 Å². The number of imidazole rings is 1. The van der Waals surface area contributed by atoms with Crippen molar-refractivity contribution < 1.29 is 37.8 Å².